The molecule has 4 rings (SSSR count). The van der Waals surface area contributed by atoms with Gasteiger partial charge in [0.15, 0.2) is 0 Å². The first-order valence-electron chi connectivity index (χ1n) is 7.99. The fourth-order valence-electron chi connectivity index (χ4n) is 3.65. The number of fused-ring (bicyclic) bond motifs is 2. The highest BCUT2D eigenvalue weighted by Crippen LogP contribution is 2.24. The van der Waals surface area contributed by atoms with E-state index in [-0.39, 0.29) is 24.4 Å². The van der Waals surface area contributed by atoms with Crippen LogP contribution in [-0.2, 0) is 16.1 Å². The molecule has 0 aliphatic carbocycles. The molecule has 3 heterocycles. The van der Waals surface area contributed by atoms with Crippen LogP contribution in [-0.4, -0.2) is 58.8 Å². The molecule has 0 bridgehead atoms. The molecule has 2 fully saturated rings. The van der Waals surface area contributed by atoms with Crippen molar-refractivity contribution in [3.63, 3.8) is 0 Å². The standard InChI is InChI=1S/C17H20N4O2/c1-11-13(12-4-2-3-5-14(12)19-11)9-20-6-7-21-15(10-20)17(23)18-8-16(21)22/h2-5,15,19H,6-10H2,1H3,(H,18,23). The summed E-state index contributed by atoms with van der Waals surface area (Å²) in [6, 6.07) is 7.93. The normalized spacial score (nSPS) is 22.3. The number of aromatic nitrogens is 1. The van der Waals surface area contributed by atoms with E-state index in [0.29, 0.717) is 13.1 Å². The van der Waals surface area contributed by atoms with E-state index in [2.05, 4.69) is 34.3 Å². The molecule has 0 saturated carbocycles. The molecule has 6 nitrogen and oxygen atoms in total. The van der Waals surface area contributed by atoms with E-state index in [1.165, 1.54) is 10.9 Å². The van der Waals surface area contributed by atoms with Gasteiger partial charge in [-0.25, -0.2) is 0 Å². The fourth-order valence-corrected chi connectivity index (χ4v) is 3.65. The highest BCUT2D eigenvalue weighted by Gasteiger charge is 2.38. The van der Waals surface area contributed by atoms with E-state index in [0.717, 1.165) is 24.3 Å². The van der Waals surface area contributed by atoms with Gasteiger partial charge in [0.05, 0.1) is 6.54 Å². The van der Waals surface area contributed by atoms with Crippen molar-refractivity contribution in [3.8, 4) is 0 Å². The summed E-state index contributed by atoms with van der Waals surface area (Å²) < 4.78 is 0. The number of aryl methyl sites for hydroxylation is 1. The lowest BCUT2D eigenvalue weighted by atomic mass is 10.1. The number of nitrogens with zero attached hydrogens (tertiary/aromatic N) is 2. The van der Waals surface area contributed by atoms with Crippen LogP contribution in [0.3, 0.4) is 0 Å². The Morgan fingerprint density at radius 2 is 2.04 bits per heavy atom. The first-order chi connectivity index (χ1) is 11.1. The summed E-state index contributed by atoms with van der Waals surface area (Å²) >= 11 is 0. The predicted octanol–water partition coefficient (Wildman–Crippen LogP) is 0.619. The minimum Gasteiger partial charge on any atom is -0.358 e. The molecule has 1 aromatic heterocycles. The van der Waals surface area contributed by atoms with E-state index in [1.807, 2.05) is 12.1 Å². The van der Waals surface area contributed by atoms with Gasteiger partial charge in [0.2, 0.25) is 11.8 Å². The molecule has 0 radical (unpaired) electrons. The second kappa shape index (κ2) is 5.38. The number of carbonyl (C=O) groups is 2. The zero-order chi connectivity index (χ0) is 16.0. The number of rotatable bonds is 2. The van der Waals surface area contributed by atoms with Gasteiger partial charge in [0, 0.05) is 42.8 Å². The number of benzene rings is 1. The van der Waals surface area contributed by atoms with Crippen LogP contribution in [0.2, 0.25) is 0 Å². The van der Waals surface area contributed by atoms with E-state index >= 15 is 0 Å². The van der Waals surface area contributed by atoms with Crippen LogP contribution >= 0.6 is 0 Å². The molecule has 2 aromatic rings. The van der Waals surface area contributed by atoms with E-state index in [9.17, 15) is 9.59 Å². The molecule has 2 saturated heterocycles. The third kappa shape index (κ3) is 2.39. The van der Waals surface area contributed by atoms with Gasteiger partial charge in [-0.15, -0.1) is 0 Å². The van der Waals surface area contributed by atoms with Crippen LogP contribution in [0.25, 0.3) is 10.9 Å². The lowest BCUT2D eigenvalue weighted by Gasteiger charge is -2.43. The van der Waals surface area contributed by atoms with Crippen molar-refractivity contribution < 1.29 is 9.59 Å². The molecule has 6 heteroatoms. The predicted molar refractivity (Wildman–Crippen MR) is 86.8 cm³/mol. The van der Waals surface area contributed by atoms with Gasteiger partial charge in [-0.2, -0.15) is 0 Å². The quantitative estimate of drug-likeness (QED) is 0.854. The maximum atomic E-state index is 12.1. The SMILES string of the molecule is Cc1[nH]c2ccccc2c1CN1CCN2C(=O)CNC(=O)C2C1. The summed E-state index contributed by atoms with van der Waals surface area (Å²) in [4.78, 5) is 31.4. The molecule has 1 atom stereocenters. The maximum Gasteiger partial charge on any atom is 0.244 e. The first-order valence-corrected chi connectivity index (χ1v) is 7.99. The second-order valence-corrected chi connectivity index (χ2v) is 6.33. The fraction of sp³-hybridized carbons (Fsp3) is 0.412. The van der Waals surface area contributed by atoms with Crippen molar-refractivity contribution in [2.75, 3.05) is 26.2 Å². The highest BCUT2D eigenvalue weighted by atomic mass is 16.2. The van der Waals surface area contributed by atoms with Crippen LogP contribution in [0.5, 0.6) is 0 Å². The lowest BCUT2D eigenvalue weighted by molar-refractivity contribution is -0.149. The Morgan fingerprint density at radius 1 is 1.22 bits per heavy atom. The van der Waals surface area contributed by atoms with Gasteiger partial charge in [0.1, 0.15) is 6.04 Å². The molecule has 0 spiro atoms. The number of amides is 2. The van der Waals surface area contributed by atoms with Crippen LogP contribution in [0.15, 0.2) is 24.3 Å². The zero-order valence-electron chi connectivity index (χ0n) is 13.1. The van der Waals surface area contributed by atoms with Crippen molar-refractivity contribution in [2.45, 2.75) is 19.5 Å². The summed E-state index contributed by atoms with van der Waals surface area (Å²) in [6.07, 6.45) is 0. The summed E-state index contributed by atoms with van der Waals surface area (Å²) in [7, 11) is 0. The molecule has 2 aliphatic heterocycles. The van der Waals surface area contributed by atoms with E-state index < -0.39 is 0 Å². The van der Waals surface area contributed by atoms with Gasteiger partial charge >= 0.3 is 0 Å². The Labute approximate surface area is 134 Å². The minimum absolute atomic E-state index is 0.0255. The molecule has 2 N–H and O–H groups in total. The lowest BCUT2D eigenvalue weighted by Crippen LogP contribution is -2.65. The first kappa shape index (κ1) is 14.3. The topological polar surface area (TPSA) is 68.4 Å². The maximum absolute atomic E-state index is 12.1. The molecule has 23 heavy (non-hydrogen) atoms. The number of hydrogen-bond donors (Lipinski definition) is 2. The summed E-state index contributed by atoms with van der Waals surface area (Å²) in [5.74, 6) is -0.0116. The van der Waals surface area contributed by atoms with Gasteiger partial charge in [-0.05, 0) is 18.6 Å². The van der Waals surface area contributed by atoms with Crippen molar-refractivity contribution in [1.29, 1.82) is 0 Å². The van der Waals surface area contributed by atoms with E-state index in [4.69, 9.17) is 0 Å². The molecular formula is C17H20N4O2. The minimum atomic E-state index is -0.351. The molecule has 2 amide bonds. The average Bonchev–Trinajstić information content (AvgIpc) is 2.87. The largest absolute Gasteiger partial charge is 0.358 e. The van der Waals surface area contributed by atoms with Crippen molar-refractivity contribution in [1.82, 2.24) is 20.1 Å². The van der Waals surface area contributed by atoms with Gasteiger partial charge in [0.25, 0.3) is 0 Å². The Kier molecular flexibility index (Phi) is 3.34. The molecule has 1 aromatic carbocycles. The Balaban J connectivity index is 1.56. The van der Waals surface area contributed by atoms with Gasteiger partial charge in [-0.1, -0.05) is 18.2 Å². The summed E-state index contributed by atoms with van der Waals surface area (Å²) in [5, 5.41) is 3.92. The number of aromatic amines is 1. The van der Waals surface area contributed by atoms with E-state index in [1.54, 1.807) is 4.90 Å². The number of piperazine rings is 2. The van der Waals surface area contributed by atoms with Crippen molar-refractivity contribution in [3.05, 3.63) is 35.5 Å². The van der Waals surface area contributed by atoms with Crippen LogP contribution in [0.4, 0.5) is 0 Å². The van der Waals surface area contributed by atoms with Gasteiger partial charge in [-0.3, -0.25) is 14.5 Å². The smallest absolute Gasteiger partial charge is 0.244 e. The number of carbonyl (C=O) groups excluding carboxylic acids is 2. The van der Waals surface area contributed by atoms with Gasteiger partial charge < -0.3 is 15.2 Å². The van der Waals surface area contributed by atoms with Crippen molar-refractivity contribution in [2.24, 2.45) is 0 Å². The molecular weight excluding hydrogens is 292 g/mol. The molecule has 120 valence electrons. The van der Waals surface area contributed by atoms with Crippen LogP contribution in [0, 0.1) is 6.92 Å². The highest BCUT2D eigenvalue weighted by molar-refractivity contribution is 5.95. The third-order valence-corrected chi connectivity index (χ3v) is 4.91. The third-order valence-electron chi connectivity index (χ3n) is 4.91. The number of hydrogen-bond acceptors (Lipinski definition) is 3. The second-order valence-electron chi connectivity index (χ2n) is 6.33. The average molecular weight is 312 g/mol. The van der Waals surface area contributed by atoms with Crippen LogP contribution in [0.1, 0.15) is 11.3 Å². The molecule has 2 aliphatic rings. The molecule has 1 unspecified atom stereocenters. The Hall–Kier alpha value is -2.34. The monoisotopic (exact) mass is 312 g/mol. The number of H-pyrrole nitrogens is 1. The summed E-state index contributed by atoms with van der Waals surface area (Å²) in [5.41, 5.74) is 3.58. The number of para-hydroxylation sites is 1. The number of nitrogens with one attached hydrogen (secondary N) is 2. The van der Waals surface area contributed by atoms with Crippen LogP contribution < -0.4 is 5.32 Å². The zero-order valence-corrected chi connectivity index (χ0v) is 13.1. The Morgan fingerprint density at radius 3 is 2.91 bits per heavy atom. The Bertz CT molecular complexity index is 782. The summed E-state index contributed by atoms with van der Waals surface area (Å²) in [6.45, 7) is 5.03. The van der Waals surface area contributed by atoms with Crippen molar-refractivity contribution >= 4 is 22.7 Å².